The fourth-order valence-corrected chi connectivity index (χ4v) is 1.99. The van der Waals surface area contributed by atoms with Crippen LogP contribution >= 0.6 is 0 Å². The first-order valence-corrected chi connectivity index (χ1v) is 6.07. The number of ether oxygens (including phenoxy) is 2. The first kappa shape index (κ1) is 12.8. The third-order valence-corrected chi connectivity index (χ3v) is 3.04. The number of piperidine rings is 1. The van der Waals surface area contributed by atoms with Gasteiger partial charge in [-0.25, -0.2) is 0 Å². The number of hydrogen-bond donors (Lipinski definition) is 2. The van der Waals surface area contributed by atoms with Gasteiger partial charge in [-0.1, -0.05) is 0 Å². The number of hydrogen-bond acceptors (Lipinski definition) is 7. The van der Waals surface area contributed by atoms with Gasteiger partial charge in [0.2, 0.25) is 5.95 Å². The first-order valence-electron chi connectivity index (χ1n) is 6.07. The summed E-state index contributed by atoms with van der Waals surface area (Å²) >= 11 is 0. The molecule has 18 heavy (non-hydrogen) atoms. The van der Waals surface area contributed by atoms with Gasteiger partial charge >= 0.3 is 12.0 Å². The molecule has 7 heteroatoms. The second-order valence-corrected chi connectivity index (χ2v) is 4.27. The molecule has 0 bridgehead atoms. The molecule has 1 aromatic heterocycles. The second-order valence-electron chi connectivity index (χ2n) is 4.27. The number of anilines is 1. The van der Waals surface area contributed by atoms with Crippen molar-refractivity contribution < 1.29 is 9.47 Å². The van der Waals surface area contributed by atoms with Gasteiger partial charge in [0.1, 0.15) is 0 Å². The number of nitrogens with one attached hydrogen (secondary N) is 2. The van der Waals surface area contributed by atoms with E-state index in [2.05, 4.69) is 32.5 Å². The van der Waals surface area contributed by atoms with Crippen LogP contribution in [0.3, 0.4) is 0 Å². The van der Waals surface area contributed by atoms with E-state index in [4.69, 9.17) is 9.47 Å². The lowest BCUT2D eigenvalue weighted by atomic mass is 10.0. The second kappa shape index (κ2) is 5.81. The smallest absolute Gasteiger partial charge is 0.324 e. The van der Waals surface area contributed by atoms with E-state index in [0.29, 0.717) is 18.0 Å². The summed E-state index contributed by atoms with van der Waals surface area (Å²) in [4.78, 5) is 12.3. The highest BCUT2D eigenvalue weighted by Gasteiger charge is 2.22. The topological polar surface area (TPSA) is 81.2 Å². The van der Waals surface area contributed by atoms with Gasteiger partial charge in [0, 0.05) is 12.1 Å². The third kappa shape index (κ3) is 2.98. The number of methoxy groups -OCH3 is 2. The molecule has 2 N–H and O–H groups in total. The van der Waals surface area contributed by atoms with Crippen LogP contribution in [-0.2, 0) is 0 Å². The maximum absolute atomic E-state index is 5.02. The average Bonchev–Trinajstić information content (AvgIpc) is 2.41. The molecule has 1 aliphatic rings. The Labute approximate surface area is 106 Å². The zero-order chi connectivity index (χ0) is 13.0. The summed E-state index contributed by atoms with van der Waals surface area (Å²) in [6, 6.07) is 1.18. The standard InChI is InChI=1S/C11H19N5O2/c1-7-8(5-4-6-12-7)13-9-14-10(17-2)16-11(15-9)18-3/h7-8,12H,4-6H2,1-3H3,(H,13,14,15,16). The van der Waals surface area contributed by atoms with E-state index in [0.717, 1.165) is 19.4 Å². The van der Waals surface area contributed by atoms with Gasteiger partial charge in [-0.3, -0.25) is 0 Å². The van der Waals surface area contributed by atoms with Crippen molar-refractivity contribution in [1.29, 1.82) is 0 Å². The molecular formula is C11H19N5O2. The highest BCUT2D eigenvalue weighted by Crippen LogP contribution is 2.16. The molecule has 2 atom stereocenters. The van der Waals surface area contributed by atoms with E-state index < -0.39 is 0 Å². The summed E-state index contributed by atoms with van der Waals surface area (Å²) in [6.45, 7) is 3.20. The Bertz CT molecular complexity index is 379. The van der Waals surface area contributed by atoms with Crippen molar-refractivity contribution in [2.45, 2.75) is 31.8 Å². The molecule has 0 aromatic carbocycles. The van der Waals surface area contributed by atoms with Gasteiger partial charge in [0.05, 0.1) is 14.2 Å². The van der Waals surface area contributed by atoms with Crippen LogP contribution in [0.4, 0.5) is 5.95 Å². The Morgan fingerprint density at radius 1 is 1.17 bits per heavy atom. The quantitative estimate of drug-likeness (QED) is 0.805. The lowest BCUT2D eigenvalue weighted by molar-refractivity contribution is 0.339. The van der Waals surface area contributed by atoms with Crippen molar-refractivity contribution in [3.05, 3.63) is 0 Å². The highest BCUT2D eigenvalue weighted by molar-refractivity contribution is 5.29. The van der Waals surface area contributed by atoms with Crippen LogP contribution in [-0.4, -0.2) is 47.8 Å². The van der Waals surface area contributed by atoms with Crippen LogP contribution in [0.5, 0.6) is 12.0 Å². The van der Waals surface area contributed by atoms with E-state index >= 15 is 0 Å². The molecule has 0 amide bonds. The van der Waals surface area contributed by atoms with Crippen LogP contribution in [0.25, 0.3) is 0 Å². The molecule has 1 fully saturated rings. The molecule has 1 aliphatic heterocycles. The highest BCUT2D eigenvalue weighted by atomic mass is 16.5. The summed E-state index contributed by atoms with van der Waals surface area (Å²) < 4.78 is 10.0. The maximum atomic E-state index is 5.02. The zero-order valence-electron chi connectivity index (χ0n) is 10.9. The van der Waals surface area contributed by atoms with Crippen molar-refractivity contribution in [3.8, 4) is 12.0 Å². The Morgan fingerprint density at radius 3 is 2.39 bits per heavy atom. The molecular weight excluding hydrogens is 234 g/mol. The van der Waals surface area contributed by atoms with Gasteiger partial charge in [0.25, 0.3) is 0 Å². The monoisotopic (exact) mass is 253 g/mol. The van der Waals surface area contributed by atoms with E-state index in [1.54, 1.807) is 0 Å². The third-order valence-electron chi connectivity index (χ3n) is 3.04. The fraction of sp³-hybridized carbons (Fsp3) is 0.727. The van der Waals surface area contributed by atoms with Gasteiger partial charge in [-0.15, -0.1) is 4.98 Å². The zero-order valence-corrected chi connectivity index (χ0v) is 10.9. The van der Waals surface area contributed by atoms with Crippen LogP contribution in [0, 0.1) is 0 Å². The van der Waals surface area contributed by atoms with Gasteiger partial charge in [0.15, 0.2) is 0 Å². The van der Waals surface area contributed by atoms with Crippen LogP contribution in [0.15, 0.2) is 0 Å². The Hall–Kier alpha value is -1.63. The summed E-state index contributed by atoms with van der Waals surface area (Å²) in [6.07, 6.45) is 2.23. The molecule has 7 nitrogen and oxygen atoms in total. The van der Waals surface area contributed by atoms with Crippen molar-refractivity contribution in [2.75, 3.05) is 26.1 Å². The average molecular weight is 253 g/mol. The SMILES string of the molecule is COc1nc(NC2CCCNC2C)nc(OC)n1. The Balaban J connectivity index is 2.12. The molecule has 100 valence electrons. The van der Waals surface area contributed by atoms with Crippen molar-refractivity contribution in [3.63, 3.8) is 0 Å². The predicted octanol–water partition coefficient (Wildman–Crippen LogP) is 0.441. The minimum absolute atomic E-state index is 0.251. The van der Waals surface area contributed by atoms with Crippen molar-refractivity contribution in [2.24, 2.45) is 0 Å². The molecule has 2 rings (SSSR count). The molecule has 1 saturated heterocycles. The first-order chi connectivity index (χ1) is 8.72. The van der Waals surface area contributed by atoms with E-state index in [1.165, 1.54) is 14.2 Å². The summed E-state index contributed by atoms with van der Waals surface area (Å²) in [7, 11) is 3.03. The lowest BCUT2D eigenvalue weighted by Crippen LogP contribution is -2.46. The number of nitrogens with zero attached hydrogens (tertiary/aromatic N) is 3. The molecule has 0 spiro atoms. The summed E-state index contributed by atoms with van der Waals surface area (Å²) in [5.41, 5.74) is 0. The Kier molecular flexibility index (Phi) is 4.14. The normalized spacial score (nSPS) is 23.5. The molecule has 0 saturated carbocycles. The maximum Gasteiger partial charge on any atom is 0.324 e. The summed E-state index contributed by atoms with van der Waals surface area (Å²) in [5, 5.41) is 6.71. The van der Waals surface area contributed by atoms with Crippen molar-refractivity contribution in [1.82, 2.24) is 20.3 Å². The fourth-order valence-electron chi connectivity index (χ4n) is 1.99. The minimum Gasteiger partial charge on any atom is -0.467 e. The number of aromatic nitrogens is 3. The molecule has 2 unspecified atom stereocenters. The number of rotatable bonds is 4. The van der Waals surface area contributed by atoms with Crippen LogP contribution in [0.2, 0.25) is 0 Å². The minimum atomic E-state index is 0.251. The molecule has 1 aromatic rings. The van der Waals surface area contributed by atoms with Gasteiger partial charge < -0.3 is 20.1 Å². The van der Waals surface area contributed by atoms with E-state index in [-0.39, 0.29) is 12.0 Å². The predicted molar refractivity (Wildman–Crippen MR) is 67.0 cm³/mol. The van der Waals surface area contributed by atoms with Crippen LogP contribution < -0.4 is 20.1 Å². The van der Waals surface area contributed by atoms with E-state index in [1.807, 2.05) is 0 Å². The molecule has 0 radical (unpaired) electrons. The van der Waals surface area contributed by atoms with E-state index in [9.17, 15) is 0 Å². The Morgan fingerprint density at radius 2 is 1.83 bits per heavy atom. The molecule has 2 heterocycles. The molecule has 0 aliphatic carbocycles. The summed E-state index contributed by atoms with van der Waals surface area (Å²) in [5.74, 6) is 0.485. The van der Waals surface area contributed by atoms with Crippen LogP contribution in [0.1, 0.15) is 19.8 Å². The van der Waals surface area contributed by atoms with Gasteiger partial charge in [-0.2, -0.15) is 9.97 Å². The lowest BCUT2D eigenvalue weighted by Gasteiger charge is -2.30. The van der Waals surface area contributed by atoms with Crippen molar-refractivity contribution >= 4 is 5.95 Å². The largest absolute Gasteiger partial charge is 0.467 e. The van der Waals surface area contributed by atoms with Gasteiger partial charge in [-0.05, 0) is 26.3 Å².